The monoisotopic (exact) mass is 338 g/mol. The van der Waals surface area contributed by atoms with Gasteiger partial charge in [0.1, 0.15) is 0 Å². The zero-order valence-corrected chi connectivity index (χ0v) is 15.6. The van der Waals surface area contributed by atoms with Gasteiger partial charge in [0.15, 0.2) is 0 Å². The van der Waals surface area contributed by atoms with Gasteiger partial charge in [-0.05, 0) is 54.7 Å². The number of carbonyl (C=O) groups is 2. The standard InChI is InChI=1S/C21H26N2O2/c1-14(2)17-9-11-18(12-10-17)21(25)23(5)13-20(24)22-19-8-6-7-15(3)16(19)4/h6-12,14H,13H2,1-5H3,(H,22,24). The number of rotatable bonds is 5. The summed E-state index contributed by atoms with van der Waals surface area (Å²) in [4.78, 5) is 26.2. The van der Waals surface area contributed by atoms with E-state index in [1.165, 1.54) is 10.5 Å². The fourth-order valence-electron chi connectivity index (χ4n) is 2.59. The first kappa shape index (κ1) is 18.7. The molecule has 2 amide bonds. The number of carbonyl (C=O) groups excluding carboxylic acids is 2. The SMILES string of the molecule is Cc1cccc(NC(=O)CN(C)C(=O)c2ccc(C(C)C)cc2)c1C. The van der Waals surface area contributed by atoms with Crippen LogP contribution in [-0.2, 0) is 4.79 Å². The van der Waals surface area contributed by atoms with Gasteiger partial charge in [-0.3, -0.25) is 9.59 Å². The van der Waals surface area contributed by atoms with E-state index < -0.39 is 0 Å². The molecular weight excluding hydrogens is 312 g/mol. The molecule has 2 aromatic rings. The lowest BCUT2D eigenvalue weighted by Gasteiger charge is -2.18. The van der Waals surface area contributed by atoms with E-state index in [9.17, 15) is 9.59 Å². The Hall–Kier alpha value is -2.62. The van der Waals surface area contributed by atoms with E-state index in [1.54, 1.807) is 7.05 Å². The Labute approximate surface area is 149 Å². The van der Waals surface area contributed by atoms with Crippen LogP contribution < -0.4 is 5.32 Å². The van der Waals surface area contributed by atoms with Gasteiger partial charge in [-0.1, -0.05) is 38.1 Å². The highest BCUT2D eigenvalue weighted by Gasteiger charge is 2.16. The minimum absolute atomic E-state index is 0.0121. The Kier molecular flexibility index (Phi) is 5.97. The average molecular weight is 338 g/mol. The highest BCUT2D eigenvalue weighted by molar-refractivity contribution is 5.99. The molecule has 2 rings (SSSR count). The molecule has 0 aliphatic heterocycles. The van der Waals surface area contributed by atoms with Gasteiger partial charge in [-0.2, -0.15) is 0 Å². The number of likely N-dealkylation sites (N-methyl/N-ethyl adjacent to an activating group) is 1. The molecule has 0 atom stereocenters. The molecule has 0 aromatic heterocycles. The molecule has 0 heterocycles. The van der Waals surface area contributed by atoms with Gasteiger partial charge < -0.3 is 10.2 Å². The molecule has 132 valence electrons. The summed E-state index contributed by atoms with van der Waals surface area (Å²) < 4.78 is 0. The zero-order valence-electron chi connectivity index (χ0n) is 15.6. The van der Waals surface area contributed by atoms with Crippen molar-refractivity contribution in [2.75, 3.05) is 18.9 Å². The summed E-state index contributed by atoms with van der Waals surface area (Å²) in [6.45, 7) is 8.21. The second-order valence-electron chi connectivity index (χ2n) is 6.73. The lowest BCUT2D eigenvalue weighted by atomic mass is 10.0. The summed E-state index contributed by atoms with van der Waals surface area (Å²) >= 11 is 0. The normalized spacial score (nSPS) is 10.6. The maximum absolute atomic E-state index is 12.5. The molecule has 25 heavy (non-hydrogen) atoms. The Balaban J connectivity index is 2.00. The van der Waals surface area contributed by atoms with Crippen LogP contribution in [0.4, 0.5) is 5.69 Å². The van der Waals surface area contributed by atoms with Gasteiger partial charge in [0.25, 0.3) is 5.91 Å². The molecule has 0 aliphatic rings. The smallest absolute Gasteiger partial charge is 0.254 e. The van der Waals surface area contributed by atoms with Gasteiger partial charge >= 0.3 is 0 Å². The molecule has 0 saturated carbocycles. The summed E-state index contributed by atoms with van der Waals surface area (Å²) in [5.74, 6) is 0.0556. The minimum Gasteiger partial charge on any atom is -0.332 e. The zero-order chi connectivity index (χ0) is 18.6. The molecule has 4 nitrogen and oxygen atoms in total. The number of anilines is 1. The van der Waals surface area contributed by atoms with Crippen molar-refractivity contribution in [3.63, 3.8) is 0 Å². The second-order valence-corrected chi connectivity index (χ2v) is 6.73. The number of benzene rings is 2. The Morgan fingerprint density at radius 2 is 1.68 bits per heavy atom. The number of nitrogens with one attached hydrogen (secondary N) is 1. The van der Waals surface area contributed by atoms with Gasteiger partial charge in [-0.15, -0.1) is 0 Å². The molecule has 0 aliphatic carbocycles. The van der Waals surface area contributed by atoms with E-state index >= 15 is 0 Å². The van der Waals surface area contributed by atoms with Gasteiger partial charge in [0.05, 0.1) is 6.54 Å². The topological polar surface area (TPSA) is 49.4 Å². The van der Waals surface area contributed by atoms with Crippen LogP contribution in [-0.4, -0.2) is 30.3 Å². The first-order valence-electron chi connectivity index (χ1n) is 8.51. The second kappa shape index (κ2) is 7.97. The van der Waals surface area contributed by atoms with Gasteiger partial charge in [-0.25, -0.2) is 0 Å². The van der Waals surface area contributed by atoms with E-state index in [2.05, 4.69) is 19.2 Å². The molecule has 0 radical (unpaired) electrons. The first-order chi connectivity index (χ1) is 11.8. The van der Waals surface area contributed by atoms with Crippen LogP contribution in [0.3, 0.4) is 0 Å². The van der Waals surface area contributed by atoms with Crippen LogP contribution >= 0.6 is 0 Å². The molecule has 4 heteroatoms. The van der Waals surface area contributed by atoms with Crippen molar-refractivity contribution in [2.24, 2.45) is 0 Å². The van der Waals surface area contributed by atoms with Crippen molar-refractivity contribution < 1.29 is 9.59 Å². The quantitative estimate of drug-likeness (QED) is 0.891. The summed E-state index contributed by atoms with van der Waals surface area (Å²) in [7, 11) is 1.64. The molecule has 0 saturated heterocycles. The van der Waals surface area contributed by atoms with E-state index in [-0.39, 0.29) is 18.4 Å². The summed E-state index contributed by atoms with van der Waals surface area (Å²) in [5.41, 5.74) is 4.71. The Bertz CT molecular complexity index is 764. The van der Waals surface area contributed by atoms with Crippen molar-refractivity contribution in [3.05, 3.63) is 64.7 Å². The molecular formula is C21H26N2O2. The van der Waals surface area contributed by atoms with Crippen molar-refractivity contribution in [1.29, 1.82) is 0 Å². The van der Waals surface area contributed by atoms with Crippen LogP contribution in [0, 0.1) is 13.8 Å². The number of hydrogen-bond acceptors (Lipinski definition) is 2. The van der Waals surface area contributed by atoms with Crippen LogP contribution in [0.15, 0.2) is 42.5 Å². The first-order valence-corrected chi connectivity index (χ1v) is 8.51. The lowest BCUT2D eigenvalue weighted by Crippen LogP contribution is -2.35. The third kappa shape index (κ3) is 4.69. The summed E-state index contributed by atoms with van der Waals surface area (Å²) in [5, 5.41) is 2.88. The molecule has 0 fully saturated rings. The number of amides is 2. The fourth-order valence-corrected chi connectivity index (χ4v) is 2.59. The number of aryl methyl sites for hydroxylation is 1. The molecule has 0 spiro atoms. The largest absolute Gasteiger partial charge is 0.332 e. The van der Waals surface area contributed by atoms with Crippen molar-refractivity contribution >= 4 is 17.5 Å². The number of hydrogen-bond donors (Lipinski definition) is 1. The Morgan fingerprint density at radius 1 is 1.04 bits per heavy atom. The highest BCUT2D eigenvalue weighted by atomic mass is 16.2. The Morgan fingerprint density at radius 3 is 2.28 bits per heavy atom. The third-order valence-electron chi connectivity index (χ3n) is 4.43. The maximum atomic E-state index is 12.5. The van der Waals surface area contributed by atoms with E-state index in [1.807, 2.05) is 56.3 Å². The minimum atomic E-state index is -0.205. The van der Waals surface area contributed by atoms with Crippen molar-refractivity contribution in [1.82, 2.24) is 4.90 Å². The van der Waals surface area contributed by atoms with Crippen LogP contribution in [0.2, 0.25) is 0 Å². The maximum Gasteiger partial charge on any atom is 0.254 e. The molecule has 2 aromatic carbocycles. The molecule has 0 unspecified atom stereocenters. The van der Waals surface area contributed by atoms with Crippen LogP contribution in [0.25, 0.3) is 0 Å². The lowest BCUT2D eigenvalue weighted by molar-refractivity contribution is -0.116. The van der Waals surface area contributed by atoms with Gasteiger partial charge in [0.2, 0.25) is 5.91 Å². The predicted octanol–water partition coefficient (Wildman–Crippen LogP) is 4.14. The summed E-state index contributed by atoms with van der Waals surface area (Å²) in [6, 6.07) is 13.3. The van der Waals surface area contributed by atoms with Crippen molar-refractivity contribution in [3.8, 4) is 0 Å². The van der Waals surface area contributed by atoms with E-state index in [0.29, 0.717) is 11.5 Å². The highest BCUT2D eigenvalue weighted by Crippen LogP contribution is 2.18. The predicted molar refractivity (Wildman–Crippen MR) is 102 cm³/mol. The van der Waals surface area contributed by atoms with E-state index in [0.717, 1.165) is 16.8 Å². The van der Waals surface area contributed by atoms with Crippen molar-refractivity contribution in [2.45, 2.75) is 33.6 Å². The molecule has 0 bridgehead atoms. The van der Waals surface area contributed by atoms with E-state index in [4.69, 9.17) is 0 Å². The number of nitrogens with zero attached hydrogens (tertiary/aromatic N) is 1. The average Bonchev–Trinajstić information content (AvgIpc) is 2.58. The molecule has 1 N–H and O–H groups in total. The van der Waals surface area contributed by atoms with Crippen LogP contribution in [0.5, 0.6) is 0 Å². The third-order valence-corrected chi connectivity index (χ3v) is 4.43. The van der Waals surface area contributed by atoms with Crippen LogP contribution in [0.1, 0.15) is 46.8 Å². The fraction of sp³-hybridized carbons (Fsp3) is 0.333. The van der Waals surface area contributed by atoms with Gasteiger partial charge in [0, 0.05) is 18.3 Å². The summed E-state index contributed by atoms with van der Waals surface area (Å²) in [6.07, 6.45) is 0.